The molecular formula is C13H15N3O3S. The molecule has 3 rings (SSSR count). The Morgan fingerprint density at radius 3 is 3.25 bits per heavy atom. The van der Waals surface area contributed by atoms with Crippen LogP contribution in [0.3, 0.4) is 0 Å². The monoisotopic (exact) mass is 293 g/mol. The van der Waals surface area contributed by atoms with Gasteiger partial charge in [0, 0.05) is 6.04 Å². The van der Waals surface area contributed by atoms with Crippen molar-refractivity contribution in [2.24, 2.45) is 0 Å². The van der Waals surface area contributed by atoms with E-state index in [2.05, 4.69) is 14.9 Å². The Kier molecular flexibility index (Phi) is 3.54. The number of H-pyrrole nitrogens is 1. The van der Waals surface area contributed by atoms with Crippen LogP contribution in [0, 0.1) is 0 Å². The van der Waals surface area contributed by atoms with Gasteiger partial charge in [-0.25, -0.2) is 4.98 Å². The summed E-state index contributed by atoms with van der Waals surface area (Å²) in [6, 6.07) is 1.87. The lowest BCUT2D eigenvalue weighted by Gasteiger charge is -2.22. The molecule has 1 fully saturated rings. The smallest absolute Gasteiger partial charge is 0.304 e. The van der Waals surface area contributed by atoms with E-state index in [4.69, 9.17) is 5.11 Å². The second kappa shape index (κ2) is 5.34. The third kappa shape index (κ3) is 2.59. The molecule has 2 aromatic rings. The third-order valence-electron chi connectivity index (χ3n) is 3.63. The van der Waals surface area contributed by atoms with E-state index in [0.29, 0.717) is 22.6 Å². The van der Waals surface area contributed by atoms with E-state index in [-0.39, 0.29) is 18.0 Å². The van der Waals surface area contributed by atoms with Gasteiger partial charge in [-0.05, 0) is 30.8 Å². The number of carboxylic acids is 1. The topological polar surface area (TPSA) is 86.3 Å². The van der Waals surface area contributed by atoms with Gasteiger partial charge < -0.3 is 10.1 Å². The van der Waals surface area contributed by atoms with Crippen LogP contribution in [0.2, 0.25) is 0 Å². The molecule has 2 N–H and O–H groups in total. The van der Waals surface area contributed by atoms with Gasteiger partial charge in [0.25, 0.3) is 5.56 Å². The van der Waals surface area contributed by atoms with Crippen LogP contribution in [0.1, 0.15) is 25.1 Å². The Morgan fingerprint density at radius 2 is 2.45 bits per heavy atom. The highest BCUT2D eigenvalue weighted by atomic mass is 32.1. The summed E-state index contributed by atoms with van der Waals surface area (Å²) in [4.78, 5) is 32.1. The van der Waals surface area contributed by atoms with Crippen LogP contribution in [0.4, 0.5) is 0 Å². The average Bonchev–Trinajstić information content (AvgIpc) is 2.99. The quantitative estimate of drug-likeness (QED) is 0.890. The first-order valence-corrected chi connectivity index (χ1v) is 7.43. The SMILES string of the molecule is O=C(O)CC1CCCN1Cc1nc2ccsc2c(=O)[nH]1. The first-order chi connectivity index (χ1) is 9.63. The number of fused-ring (bicyclic) bond motifs is 1. The van der Waals surface area contributed by atoms with Crippen molar-refractivity contribution in [3.8, 4) is 0 Å². The number of rotatable bonds is 4. The van der Waals surface area contributed by atoms with Gasteiger partial charge in [-0.1, -0.05) is 0 Å². The maximum atomic E-state index is 11.9. The zero-order chi connectivity index (χ0) is 14.1. The number of nitrogens with one attached hydrogen (secondary N) is 1. The molecule has 0 saturated carbocycles. The summed E-state index contributed by atoms with van der Waals surface area (Å²) in [5.74, 6) is -0.171. The van der Waals surface area contributed by atoms with E-state index >= 15 is 0 Å². The van der Waals surface area contributed by atoms with Crippen LogP contribution in [-0.2, 0) is 11.3 Å². The highest BCUT2D eigenvalue weighted by Crippen LogP contribution is 2.22. The third-order valence-corrected chi connectivity index (χ3v) is 4.53. The normalized spacial score (nSPS) is 19.7. The van der Waals surface area contributed by atoms with Crippen molar-refractivity contribution in [2.75, 3.05) is 6.54 Å². The van der Waals surface area contributed by atoms with E-state index in [1.807, 2.05) is 11.4 Å². The van der Waals surface area contributed by atoms with Crippen LogP contribution < -0.4 is 5.56 Å². The number of aliphatic carboxylic acids is 1. The van der Waals surface area contributed by atoms with Crippen LogP contribution in [0.25, 0.3) is 10.2 Å². The minimum absolute atomic E-state index is 0.0379. The van der Waals surface area contributed by atoms with Crippen molar-refractivity contribution in [1.29, 1.82) is 0 Å². The van der Waals surface area contributed by atoms with Crippen molar-refractivity contribution >= 4 is 27.5 Å². The summed E-state index contributed by atoms with van der Waals surface area (Å²) in [5, 5.41) is 10.8. The number of aromatic amines is 1. The second-order valence-electron chi connectivity index (χ2n) is 5.01. The first-order valence-electron chi connectivity index (χ1n) is 6.56. The number of hydrogen-bond acceptors (Lipinski definition) is 5. The van der Waals surface area contributed by atoms with Crippen molar-refractivity contribution < 1.29 is 9.90 Å². The van der Waals surface area contributed by atoms with Crippen LogP contribution in [0.5, 0.6) is 0 Å². The Bertz CT molecular complexity index is 693. The second-order valence-corrected chi connectivity index (χ2v) is 5.93. The van der Waals surface area contributed by atoms with E-state index in [1.165, 1.54) is 11.3 Å². The number of nitrogens with zero attached hydrogens (tertiary/aromatic N) is 2. The number of likely N-dealkylation sites (tertiary alicyclic amines) is 1. The van der Waals surface area contributed by atoms with Gasteiger partial charge in [0.05, 0.1) is 18.5 Å². The molecule has 0 aromatic carbocycles. The standard InChI is InChI=1S/C13H15N3O3S/c17-11(18)6-8-2-1-4-16(8)7-10-14-9-3-5-20-12(9)13(19)15-10/h3,5,8H,1-2,4,6-7H2,(H,17,18)(H,14,15,19). The van der Waals surface area contributed by atoms with Gasteiger partial charge in [-0.2, -0.15) is 0 Å². The maximum Gasteiger partial charge on any atom is 0.304 e. The molecule has 1 saturated heterocycles. The molecule has 1 aliphatic heterocycles. The van der Waals surface area contributed by atoms with Gasteiger partial charge >= 0.3 is 5.97 Å². The van der Waals surface area contributed by atoms with Gasteiger partial charge in [-0.15, -0.1) is 11.3 Å². The molecule has 1 aliphatic rings. The molecule has 106 valence electrons. The summed E-state index contributed by atoms with van der Waals surface area (Å²) < 4.78 is 0.636. The van der Waals surface area contributed by atoms with E-state index in [9.17, 15) is 9.59 Å². The average molecular weight is 293 g/mol. The van der Waals surface area contributed by atoms with Crippen LogP contribution in [0.15, 0.2) is 16.2 Å². The lowest BCUT2D eigenvalue weighted by atomic mass is 10.1. The predicted octanol–water partition coefficient (Wildman–Crippen LogP) is 1.42. The maximum absolute atomic E-state index is 11.9. The molecule has 7 heteroatoms. The fourth-order valence-corrected chi connectivity index (χ4v) is 3.45. The van der Waals surface area contributed by atoms with Gasteiger partial charge in [0.1, 0.15) is 10.5 Å². The van der Waals surface area contributed by atoms with Gasteiger partial charge in [0.2, 0.25) is 0 Å². The van der Waals surface area contributed by atoms with Crippen LogP contribution in [-0.4, -0.2) is 38.5 Å². The van der Waals surface area contributed by atoms with Crippen LogP contribution >= 0.6 is 11.3 Å². The number of carbonyl (C=O) groups is 1. The molecule has 20 heavy (non-hydrogen) atoms. The summed E-state index contributed by atoms with van der Waals surface area (Å²) in [6.45, 7) is 1.35. The number of hydrogen-bond donors (Lipinski definition) is 2. The summed E-state index contributed by atoms with van der Waals surface area (Å²) >= 11 is 1.38. The zero-order valence-corrected chi connectivity index (χ0v) is 11.7. The highest BCUT2D eigenvalue weighted by Gasteiger charge is 2.27. The fraction of sp³-hybridized carbons (Fsp3) is 0.462. The number of thiophene rings is 1. The Morgan fingerprint density at radius 1 is 1.60 bits per heavy atom. The Hall–Kier alpha value is -1.73. The molecule has 1 unspecified atom stereocenters. The molecule has 1 atom stereocenters. The molecule has 0 bridgehead atoms. The van der Waals surface area contributed by atoms with Crippen molar-refractivity contribution in [2.45, 2.75) is 31.8 Å². The summed E-state index contributed by atoms with van der Waals surface area (Å²) in [7, 11) is 0. The Labute approximate surface area is 119 Å². The lowest BCUT2D eigenvalue weighted by molar-refractivity contribution is -0.138. The predicted molar refractivity (Wildman–Crippen MR) is 75.9 cm³/mol. The summed E-state index contributed by atoms with van der Waals surface area (Å²) in [6.07, 6.45) is 2.02. The Balaban J connectivity index is 1.81. The largest absolute Gasteiger partial charge is 0.481 e. The highest BCUT2D eigenvalue weighted by molar-refractivity contribution is 7.17. The zero-order valence-electron chi connectivity index (χ0n) is 10.8. The summed E-state index contributed by atoms with van der Waals surface area (Å²) in [5.41, 5.74) is 0.594. The minimum Gasteiger partial charge on any atom is -0.481 e. The van der Waals surface area contributed by atoms with Crippen molar-refractivity contribution in [3.05, 3.63) is 27.6 Å². The van der Waals surface area contributed by atoms with E-state index in [1.54, 1.807) is 0 Å². The van der Waals surface area contributed by atoms with Gasteiger partial charge in [-0.3, -0.25) is 14.5 Å². The fourth-order valence-electron chi connectivity index (χ4n) is 2.72. The minimum atomic E-state index is -0.781. The lowest BCUT2D eigenvalue weighted by Crippen LogP contribution is -2.32. The molecule has 2 aromatic heterocycles. The number of aromatic nitrogens is 2. The van der Waals surface area contributed by atoms with E-state index in [0.717, 1.165) is 19.4 Å². The molecule has 6 nitrogen and oxygen atoms in total. The molecular weight excluding hydrogens is 278 g/mol. The molecule has 0 aliphatic carbocycles. The first kappa shape index (κ1) is 13.3. The molecule has 0 spiro atoms. The molecule has 0 amide bonds. The molecule has 0 radical (unpaired) electrons. The molecule has 3 heterocycles. The van der Waals surface area contributed by atoms with Gasteiger partial charge in [0.15, 0.2) is 0 Å². The van der Waals surface area contributed by atoms with Crippen molar-refractivity contribution in [1.82, 2.24) is 14.9 Å². The number of carboxylic acid groups (broad SMARTS) is 1. The van der Waals surface area contributed by atoms with E-state index < -0.39 is 5.97 Å². The van der Waals surface area contributed by atoms with Crippen molar-refractivity contribution in [3.63, 3.8) is 0 Å².